The average molecular weight is 391 g/mol. The molecule has 28 heavy (non-hydrogen) atoms. The first-order valence-electron chi connectivity index (χ1n) is 10.0. The molecule has 0 aliphatic rings. The summed E-state index contributed by atoms with van der Waals surface area (Å²) in [6.07, 6.45) is 9.67. The zero-order valence-electron chi connectivity index (χ0n) is 17.0. The molecule has 0 amide bonds. The lowest BCUT2D eigenvalue weighted by molar-refractivity contribution is -0.140. The molecule has 1 aromatic carbocycles. The molecule has 0 saturated heterocycles. The SMILES string of the molecule is CCCCC[C@@H](O)c1ccc(/C=C\C=C\[C@@H](O)[C@@H](O)CCCC(=O)OC)cc1. The summed E-state index contributed by atoms with van der Waals surface area (Å²) in [5.74, 6) is -0.320. The van der Waals surface area contributed by atoms with Crippen molar-refractivity contribution < 1.29 is 24.9 Å². The number of esters is 1. The normalized spacial score (nSPS) is 15.0. The standard InChI is InChI=1S/C23H34O5/c1-3-4-5-10-20(24)19-16-14-18(15-17-19)9-6-7-11-21(25)22(26)12-8-13-23(27)28-2/h6-7,9,11,14-17,20-22,24-26H,3-5,8,10,12-13H2,1-2H3/b9-6-,11-7+/t20-,21-,22+/m1/s1. The van der Waals surface area contributed by atoms with E-state index in [4.69, 9.17) is 0 Å². The van der Waals surface area contributed by atoms with E-state index >= 15 is 0 Å². The largest absolute Gasteiger partial charge is 0.469 e. The minimum atomic E-state index is -0.983. The van der Waals surface area contributed by atoms with Crippen LogP contribution in [-0.2, 0) is 9.53 Å². The van der Waals surface area contributed by atoms with E-state index in [1.54, 1.807) is 12.2 Å². The number of carbonyl (C=O) groups excluding carboxylic acids is 1. The Kier molecular flexibility index (Phi) is 12.1. The number of unbranched alkanes of at least 4 members (excludes halogenated alkanes) is 2. The molecule has 5 nitrogen and oxygen atoms in total. The van der Waals surface area contributed by atoms with Crippen LogP contribution in [0, 0.1) is 0 Å². The van der Waals surface area contributed by atoms with Crippen LogP contribution in [0.1, 0.15) is 69.1 Å². The molecule has 1 rings (SSSR count). The molecule has 0 spiro atoms. The van der Waals surface area contributed by atoms with Gasteiger partial charge in [-0.15, -0.1) is 0 Å². The predicted molar refractivity (Wildman–Crippen MR) is 112 cm³/mol. The molecule has 0 heterocycles. The number of aliphatic hydroxyl groups is 3. The molecule has 0 aliphatic heterocycles. The topological polar surface area (TPSA) is 87.0 Å². The fraction of sp³-hybridized carbons (Fsp3) is 0.522. The van der Waals surface area contributed by atoms with Crippen molar-refractivity contribution in [3.05, 3.63) is 53.6 Å². The van der Waals surface area contributed by atoms with Gasteiger partial charge in [-0.25, -0.2) is 0 Å². The molecular formula is C23H34O5. The third-order valence-electron chi connectivity index (χ3n) is 4.61. The maximum absolute atomic E-state index is 11.0. The van der Waals surface area contributed by atoms with Crippen molar-refractivity contribution in [3.8, 4) is 0 Å². The average Bonchev–Trinajstić information content (AvgIpc) is 2.71. The number of carbonyl (C=O) groups is 1. The van der Waals surface area contributed by atoms with Crippen molar-refractivity contribution in [1.82, 2.24) is 0 Å². The first kappa shape index (κ1) is 24.1. The van der Waals surface area contributed by atoms with E-state index in [0.717, 1.165) is 36.8 Å². The van der Waals surface area contributed by atoms with Crippen LogP contribution in [0.15, 0.2) is 42.5 Å². The summed E-state index contributed by atoms with van der Waals surface area (Å²) in [5, 5.41) is 30.0. The highest BCUT2D eigenvalue weighted by Gasteiger charge is 2.13. The van der Waals surface area contributed by atoms with Crippen LogP contribution in [0.2, 0.25) is 0 Å². The second kappa shape index (κ2) is 14.1. The van der Waals surface area contributed by atoms with Gasteiger partial charge in [0.1, 0.15) is 0 Å². The van der Waals surface area contributed by atoms with Gasteiger partial charge in [0, 0.05) is 6.42 Å². The van der Waals surface area contributed by atoms with E-state index in [0.29, 0.717) is 12.8 Å². The van der Waals surface area contributed by atoms with Gasteiger partial charge in [-0.3, -0.25) is 4.79 Å². The first-order valence-corrected chi connectivity index (χ1v) is 10.0. The molecule has 0 aromatic heterocycles. The fourth-order valence-electron chi connectivity index (χ4n) is 2.78. The van der Waals surface area contributed by atoms with Gasteiger partial charge < -0.3 is 20.1 Å². The lowest BCUT2D eigenvalue weighted by Gasteiger charge is -2.13. The van der Waals surface area contributed by atoms with Crippen LogP contribution in [-0.4, -0.2) is 40.6 Å². The number of methoxy groups -OCH3 is 1. The van der Waals surface area contributed by atoms with Crippen LogP contribution < -0.4 is 0 Å². The molecular weight excluding hydrogens is 356 g/mol. The number of rotatable bonds is 13. The van der Waals surface area contributed by atoms with Gasteiger partial charge in [0.15, 0.2) is 0 Å². The van der Waals surface area contributed by atoms with Crippen molar-refractivity contribution >= 4 is 12.0 Å². The highest BCUT2D eigenvalue weighted by Crippen LogP contribution is 2.20. The predicted octanol–water partition coefficient (Wildman–Crippen LogP) is 3.93. The van der Waals surface area contributed by atoms with Gasteiger partial charge in [0.05, 0.1) is 25.4 Å². The smallest absolute Gasteiger partial charge is 0.305 e. The Morgan fingerprint density at radius 2 is 1.75 bits per heavy atom. The molecule has 0 bridgehead atoms. The Morgan fingerprint density at radius 1 is 1.04 bits per heavy atom. The minimum absolute atomic E-state index is 0.229. The molecule has 0 unspecified atom stereocenters. The van der Waals surface area contributed by atoms with Gasteiger partial charge in [-0.1, -0.05) is 74.8 Å². The summed E-state index contributed by atoms with van der Waals surface area (Å²) in [6.45, 7) is 2.15. The number of aliphatic hydroxyl groups excluding tert-OH is 3. The van der Waals surface area contributed by atoms with E-state index < -0.39 is 18.3 Å². The monoisotopic (exact) mass is 390 g/mol. The van der Waals surface area contributed by atoms with Gasteiger partial charge in [-0.05, 0) is 30.4 Å². The Morgan fingerprint density at radius 3 is 2.39 bits per heavy atom. The molecule has 0 saturated carbocycles. The Labute approximate surface area is 168 Å². The van der Waals surface area contributed by atoms with Crippen molar-refractivity contribution in [3.63, 3.8) is 0 Å². The second-order valence-electron chi connectivity index (χ2n) is 6.95. The lowest BCUT2D eigenvalue weighted by Crippen LogP contribution is -2.23. The van der Waals surface area contributed by atoms with Crippen LogP contribution in [0.4, 0.5) is 0 Å². The number of benzene rings is 1. The number of hydrogen-bond acceptors (Lipinski definition) is 5. The molecule has 0 aliphatic carbocycles. The minimum Gasteiger partial charge on any atom is -0.469 e. The molecule has 3 atom stereocenters. The van der Waals surface area contributed by atoms with Crippen molar-refractivity contribution in [2.75, 3.05) is 7.11 Å². The number of hydrogen-bond donors (Lipinski definition) is 3. The maximum Gasteiger partial charge on any atom is 0.305 e. The molecule has 156 valence electrons. The van der Waals surface area contributed by atoms with Crippen LogP contribution in [0.3, 0.4) is 0 Å². The molecule has 0 radical (unpaired) electrons. The van der Waals surface area contributed by atoms with Crippen LogP contribution >= 0.6 is 0 Å². The van der Waals surface area contributed by atoms with Crippen molar-refractivity contribution in [2.24, 2.45) is 0 Å². The Hall–Kier alpha value is -1.95. The van der Waals surface area contributed by atoms with Crippen molar-refractivity contribution in [2.45, 2.75) is 70.2 Å². The Bertz CT molecular complexity index is 606. The summed E-state index contributed by atoms with van der Waals surface area (Å²) in [5.41, 5.74) is 1.91. The third-order valence-corrected chi connectivity index (χ3v) is 4.61. The Balaban J connectivity index is 2.41. The van der Waals surface area contributed by atoms with E-state index in [2.05, 4.69) is 11.7 Å². The van der Waals surface area contributed by atoms with Gasteiger partial charge in [0.25, 0.3) is 0 Å². The summed E-state index contributed by atoms with van der Waals surface area (Å²) in [7, 11) is 1.33. The third kappa shape index (κ3) is 9.83. The first-order chi connectivity index (χ1) is 13.5. The summed E-state index contributed by atoms with van der Waals surface area (Å²) >= 11 is 0. The van der Waals surface area contributed by atoms with Gasteiger partial charge in [-0.2, -0.15) is 0 Å². The second-order valence-corrected chi connectivity index (χ2v) is 6.95. The molecule has 3 N–H and O–H groups in total. The number of ether oxygens (including phenoxy) is 1. The fourth-order valence-corrected chi connectivity index (χ4v) is 2.78. The van der Waals surface area contributed by atoms with Crippen molar-refractivity contribution in [1.29, 1.82) is 0 Å². The lowest BCUT2D eigenvalue weighted by atomic mass is 10.0. The van der Waals surface area contributed by atoms with Crippen LogP contribution in [0.25, 0.3) is 6.08 Å². The van der Waals surface area contributed by atoms with E-state index in [1.807, 2.05) is 30.3 Å². The number of allylic oxidation sites excluding steroid dienone is 2. The summed E-state index contributed by atoms with van der Waals surface area (Å²) < 4.78 is 4.54. The van der Waals surface area contributed by atoms with E-state index in [9.17, 15) is 20.1 Å². The summed E-state index contributed by atoms with van der Waals surface area (Å²) in [6, 6.07) is 7.75. The molecule has 0 fully saturated rings. The zero-order chi connectivity index (χ0) is 20.8. The molecule has 1 aromatic rings. The zero-order valence-corrected chi connectivity index (χ0v) is 17.0. The van der Waals surface area contributed by atoms with Gasteiger partial charge in [0.2, 0.25) is 0 Å². The van der Waals surface area contributed by atoms with E-state index in [-0.39, 0.29) is 12.4 Å². The summed E-state index contributed by atoms with van der Waals surface area (Å²) in [4.78, 5) is 11.0. The quantitative estimate of drug-likeness (QED) is 0.270. The highest BCUT2D eigenvalue weighted by atomic mass is 16.5. The van der Waals surface area contributed by atoms with E-state index in [1.165, 1.54) is 13.2 Å². The molecule has 5 heteroatoms. The van der Waals surface area contributed by atoms with Gasteiger partial charge >= 0.3 is 5.97 Å². The highest BCUT2D eigenvalue weighted by molar-refractivity contribution is 5.68. The maximum atomic E-state index is 11.0. The van der Waals surface area contributed by atoms with Crippen LogP contribution in [0.5, 0.6) is 0 Å².